The molecule has 0 spiro atoms. The van der Waals surface area contributed by atoms with Gasteiger partial charge in [-0.25, -0.2) is 9.78 Å². The number of ether oxygens (including phenoxy) is 1. The lowest BCUT2D eigenvalue weighted by Gasteiger charge is -2.32. The second kappa shape index (κ2) is 7.98. The number of thiazole rings is 1. The summed E-state index contributed by atoms with van der Waals surface area (Å²) in [5, 5.41) is 4.83. The molecule has 8 heteroatoms. The molecule has 1 unspecified atom stereocenters. The van der Waals surface area contributed by atoms with Crippen LogP contribution in [0.4, 0.5) is 4.79 Å². The summed E-state index contributed by atoms with van der Waals surface area (Å²) >= 11 is 1.49. The fourth-order valence-electron chi connectivity index (χ4n) is 3.41. The summed E-state index contributed by atoms with van der Waals surface area (Å²) in [5.41, 5.74) is 1.23. The van der Waals surface area contributed by atoms with E-state index in [-0.39, 0.29) is 11.7 Å². The van der Waals surface area contributed by atoms with Crippen molar-refractivity contribution in [2.45, 2.75) is 52.7 Å². The topological polar surface area (TPSA) is 75.9 Å². The number of likely N-dealkylation sites (tertiary alicyclic amines) is 1. The number of alkyl carbamates (subject to hydrolysis) is 1. The van der Waals surface area contributed by atoms with E-state index < -0.39 is 5.60 Å². The number of aryl methyl sites for hydroxylation is 1. The van der Waals surface area contributed by atoms with Gasteiger partial charge in [0.1, 0.15) is 5.60 Å². The lowest BCUT2D eigenvalue weighted by atomic mass is 9.98. The van der Waals surface area contributed by atoms with Crippen LogP contribution in [-0.2, 0) is 11.3 Å². The van der Waals surface area contributed by atoms with Crippen molar-refractivity contribution < 1.29 is 9.53 Å². The van der Waals surface area contributed by atoms with Crippen LogP contribution in [0.3, 0.4) is 0 Å². The summed E-state index contributed by atoms with van der Waals surface area (Å²) in [6.45, 7) is 10.6. The van der Waals surface area contributed by atoms with Gasteiger partial charge in [-0.05, 0) is 53.0 Å². The molecule has 0 radical (unpaired) electrons. The zero-order chi connectivity index (χ0) is 19.6. The number of nitrogens with zero attached hydrogens (tertiary/aromatic N) is 3. The Kier molecular flexibility index (Phi) is 5.86. The van der Waals surface area contributed by atoms with Crippen molar-refractivity contribution in [3.63, 3.8) is 0 Å². The van der Waals surface area contributed by atoms with E-state index in [4.69, 9.17) is 4.74 Å². The molecule has 3 heterocycles. The van der Waals surface area contributed by atoms with Gasteiger partial charge in [-0.3, -0.25) is 14.1 Å². The molecule has 0 saturated carbocycles. The smallest absolute Gasteiger partial charge is 0.407 e. The Labute approximate surface area is 163 Å². The first kappa shape index (κ1) is 19.8. The largest absolute Gasteiger partial charge is 0.444 e. The first-order chi connectivity index (χ1) is 12.7. The van der Waals surface area contributed by atoms with E-state index in [1.807, 2.05) is 33.1 Å². The molecule has 2 aromatic heterocycles. The van der Waals surface area contributed by atoms with Gasteiger partial charge in [-0.15, -0.1) is 11.3 Å². The Morgan fingerprint density at radius 2 is 2.22 bits per heavy atom. The number of fused-ring (bicyclic) bond motifs is 1. The first-order valence-corrected chi connectivity index (χ1v) is 10.3. The third kappa shape index (κ3) is 5.29. The van der Waals surface area contributed by atoms with Crippen molar-refractivity contribution in [3.8, 4) is 0 Å². The molecule has 7 nitrogen and oxygen atoms in total. The van der Waals surface area contributed by atoms with Crippen LogP contribution in [0.25, 0.3) is 4.96 Å². The van der Waals surface area contributed by atoms with E-state index >= 15 is 0 Å². The van der Waals surface area contributed by atoms with E-state index in [0.29, 0.717) is 19.0 Å². The number of carbonyl (C=O) groups is 1. The van der Waals surface area contributed by atoms with Crippen molar-refractivity contribution in [1.29, 1.82) is 0 Å². The van der Waals surface area contributed by atoms with Gasteiger partial charge >= 0.3 is 6.09 Å². The molecule has 2 aromatic rings. The second-order valence-electron chi connectivity index (χ2n) is 8.21. The normalized spacial score (nSPS) is 18.6. The third-order valence-corrected chi connectivity index (χ3v) is 5.49. The van der Waals surface area contributed by atoms with E-state index in [0.717, 1.165) is 42.3 Å². The zero-order valence-electron chi connectivity index (χ0n) is 16.4. The average Bonchev–Trinajstić information content (AvgIpc) is 2.93. The molecule has 148 valence electrons. The predicted octanol–water partition coefficient (Wildman–Crippen LogP) is 2.80. The molecule has 1 amide bonds. The van der Waals surface area contributed by atoms with Gasteiger partial charge in [0.25, 0.3) is 5.56 Å². The molecule has 3 rings (SSSR count). The van der Waals surface area contributed by atoms with Crippen LogP contribution in [0.1, 0.15) is 45.0 Å². The number of hydrogen-bond donors (Lipinski definition) is 1. The van der Waals surface area contributed by atoms with Crippen LogP contribution in [0.5, 0.6) is 0 Å². The molecule has 1 saturated heterocycles. The van der Waals surface area contributed by atoms with Crippen molar-refractivity contribution in [1.82, 2.24) is 19.6 Å². The quantitative estimate of drug-likeness (QED) is 0.866. The zero-order valence-corrected chi connectivity index (χ0v) is 17.3. The molecular formula is C19H28N4O3S. The Morgan fingerprint density at radius 3 is 2.96 bits per heavy atom. The number of nitrogens with one attached hydrogen (secondary N) is 1. The minimum absolute atomic E-state index is 0.0195. The minimum atomic E-state index is -0.485. The molecule has 27 heavy (non-hydrogen) atoms. The van der Waals surface area contributed by atoms with Gasteiger partial charge in [-0.2, -0.15) is 0 Å². The van der Waals surface area contributed by atoms with Crippen LogP contribution < -0.4 is 10.9 Å². The Hall–Kier alpha value is -1.93. The van der Waals surface area contributed by atoms with Gasteiger partial charge in [0.2, 0.25) is 0 Å². The Bertz CT molecular complexity index is 868. The average molecular weight is 393 g/mol. The highest BCUT2D eigenvalue weighted by Gasteiger charge is 2.23. The number of rotatable bonds is 4. The maximum atomic E-state index is 12.3. The molecule has 1 atom stereocenters. The summed E-state index contributed by atoms with van der Waals surface area (Å²) in [5.74, 6) is 0.375. The number of hydrogen-bond acceptors (Lipinski definition) is 6. The number of piperidine rings is 1. The Morgan fingerprint density at radius 1 is 1.44 bits per heavy atom. The van der Waals surface area contributed by atoms with Crippen LogP contribution in [-0.4, -0.2) is 45.6 Å². The summed E-state index contributed by atoms with van der Waals surface area (Å²) in [7, 11) is 0. The van der Waals surface area contributed by atoms with Gasteiger partial charge < -0.3 is 10.1 Å². The standard InChI is InChI=1S/C19H28N4O3S/c1-13-12-27-17-21-15(8-16(24)23(13)17)11-22-7-5-6-14(10-22)9-20-18(25)26-19(2,3)4/h8,12,14H,5-7,9-11H2,1-4H3,(H,20,25). The predicted molar refractivity (Wildman–Crippen MR) is 106 cm³/mol. The first-order valence-electron chi connectivity index (χ1n) is 9.37. The minimum Gasteiger partial charge on any atom is -0.444 e. The molecular weight excluding hydrogens is 364 g/mol. The van der Waals surface area contributed by atoms with Gasteiger partial charge in [0, 0.05) is 36.8 Å². The fourth-order valence-corrected chi connectivity index (χ4v) is 4.31. The van der Waals surface area contributed by atoms with Crippen LogP contribution in [0, 0.1) is 12.8 Å². The number of amides is 1. The maximum absolute atomic E-state index is 12.3. The molecule has 0 bridgehead atoms. The summed E-state index contributed by atoms with van der Waals surface area (Å²) in [6.07, 6.45) is 1.78. The monoisotopic (exact) mass is 392 g/mol. The molecule has 1 fully saturated rings. The van der Waals surface area contributed by atoms with Crippen LogP contribution >= 0.6 is 11.3 Å². The Balaban J connectivity index is 1.57. The summed E-state index contributed by atoms with van der Waals surface area (Å²) in [6, 6.07) is 1.63. The fraction of sp³-hybridized carbons (Fsp3) is 0.632. The highest BCUT2D eigenvalue weighted by Crippen LogP contribution is 2.19. The van der Waals surface area contributed by atoms with Crippen molar-refractivity contribution in [3.05, 3.63) is 33.2 Å². The highest BCUT2D eigenvalue weighted by molar-refractivity contribution is 7.15. The lowest BCUT2D eigenvalue weighted by Crippen LogP contribution is -2.42. The number of carbonyl (C=O) groups excluding carboxylic acids is 1. The lowest BCUT2D eigenvalue weighted by molar-refractivity contribution is 0.0506. The van der Waals surface area contributed by atoms with E-state index in [9.17, 15) is 9.59 Å². The van der Waals surface area contributed by atoms with Gasteiger partial charge in [0.15, 0.2) is 4.96 Å². The van der Waals surface area contributed by atoms with Crippen LogP contribution in [0.2, 0.25) is 0 Å². The van der Waals surface area contributed by atoms with Crippen molar-refractivity contribution in [2.75, 3.05) is 19.6 Å². The van der Waals surface area contributed by atoms with Gasteiger partial charge in [0.05, 0.1) is 5.69 Å². The molecule has 0 aromatic carbocycles. The van der Waals surface area contributed by atoms with E-state index in [1.165, 1.54) is 11.3 Å². The maximum Gasteiger partial charge on any atom is 0.407 e. The SMILES string of the molecule is Cc1csc2nc(CN3CCCC(CNC(=O)OC(C)(C)C)C3)cc(=O)n12. The van der Waals surface area contributed by atoms with Crippen molar-refractivity contribution >= 4 is 22.4 Å². The van der Waals surface area contributed by atoms with E-state index in [1.54, 1.807) is 10.5 Å². The second-order valence-corrected chi connectivity index (χ2v) is 9.04. The van der Waals surface area contributed by atoms with Crippen LogP contribution in [0.15, 0.2) is 16.2 Å². The third-order valence-electron chi connectivity index (χ3n) is 4.55. The van der Waals surface area contributed by atoms with Gasteiger partial charge in [-0.1, -0.05) is 0 Å². The van der Waals surface area contributed by atoms with E-state index in [2.05, 4.69) is 15.2 Å². The number of aromatic nitrogens is 2. The molecule has 1 aliphatic rings. The highest BCUT2D eigenvalue weighted by atomic mass is 32.1. The molecule has 1 aliphatic heterocycles. The summed E-state index contributed by atoms with van der Waals surface area (Å²) < 4.78 is 6.95. The molecule has 1 N–H and O–H groups in total. The summed E-state index contributed by atoms with van der Waals surface area (Å²) in [4.78, 5) is 31.9. The molecule has 0 aliphatic carbocycles. The van der Waals surface area contributed by atoms with Crippen molar-refractivity contribution in [2.24, 2.45) is 5.92 Å².